The molecule has 1 aromatic carbocycles. The van der Waals surface area contributed by atoms with Crippen LogP contribution in [0.1, 0.15) is 34.5 Å². The van der Waals surface area contributed by atoms with Gasteiger partial charge in [0.1, 0.15) is 17.6 Å². The fourth-order valence-electron chi connectivity index (χ4n) is 4.20. The van der Waals surface area contributed by atoms with Gasteiger partial charge >= 0.3 is 0 Å². The van der Waals surface area contributed by atoms with Gasteiger partial charge in [-0.1, -0.05) is 6.07 Å². The predicted molar refractivity (Wildman–Crippen MR) is 117 cm³/mol. The minimum Gasteiger partial charge on any atom is -0.507 e. The van der Waals surface area contributed by atoms with Crippen LogP contribution >= 0.6 is 11.3 Å². The number of thiophene rings is 1. The van der Waals surface area contributed by atoms with Crippen molar-refractivity contribution in [3.63, 3.8) is 0 Å². The zero-order valence-corrected chi connectivity index (χ0v) is 17.6. The fourth-order valence-corrected chi connectivity index (χ4v) is 5.04. The highest BCUT2D eigenvalue weighted by Gasteiger charge is 2.46. The second-order valence-electron chi connectivity index (χ2n) is 7.75. The molecule has 5 rings (SSSR count). The van der Waals surface area contributed by atoms with Gasteiger partial charge in [0.2, 0.25) is 0 Å². The first-order chi connectivity index (χ1) is 15.0. The predicted octanol–water partition coefficient (Wildman–Crippen LogP) is 4.09. The number of aromatic nitrogens is 1. The van der Waals surface area contributed by atoms with Gasteiger partial charge in [-0.25, -0.2) is 0 Å². The lowest BCUT2D eigenvalue weighted by atomic mass is 9.98. The maximum absolute atomic E-state index is 13.1. The van der Waals surface area contributed by atoms with E-state index in [-0.39, 0.29) is 24.0 Å². The Morgan fingerprint density at radius 3 is 2.77 bits per heavy atom. The molecule has 1 saturated heterocycles. The van der Waals surface area contributed by atoms with Gasteiger partial charge < -0.3 is 14.7 Å². The van der Waals surface area contributed by atoms with Crippen LogP contribution in [0, 0.1) is 0 Å². The number of benzene rings is 1. The average Bonchev–Trinajstić information content (AvgIpc) is 3.48. The van der Waals surface area contributed by atoms with E-state index >= 15 is 0 Å². The van der Waals surface area contributed by atoms with Crippen molar-refractivity contribution in [3.05, 3.63) is 87.4 Å². The number of aliphatic hydroxyl groups is 1. The van der Waals surface area contributed by atoms with E-state index in [0.717, 1.165) is 28.2 Å². The minimum atomic E-state index is -0.671. The van der Waals surface area contributed by atoms with Crippen molar-refractivity contribution in [2.45, 2.75) is 32.0 Å². The Bertz CT molecular complexity index is 1190. The maximum Gasteiger partial charge on any atom is 0.295 e. The Balaban J connectivity index is 1.60. The van der Waals surface area contributed by atoms with Crippen LogP contribution in [-0.4, -0.2) is 32.8 Å². The van der Waals surface area contributed by atoms with E-state index in [4.69, 9.17) is 4.74 Å². The number of rotatable bonds is 4. The number of hydrogen-bond donors (Lipinski definition) is 1. The molecule has 0 saturated carbocycles. The van der Waals surface area contributed by atoms with Crippen LogP contribution in [0.15, 0.2) is 65.8 Å². The molecule has 6 nitrogen and oxygen atoms in total. The molecule has 31 heavy (non-hydrogen) atoms. The van der Waals surface area contributed by atoms with Crippen molar-refractivity contribution >= 4 is 28.8 Å². The lowest BCUT2D eigenvalue weighted by molar-refractivity contribution is -0.140. The van der Waals surface area contributed by atoms with Crippen LogP contribution in [0.3, 0.4) is 0 Å². The van der Waals surface area contributed by atoms with E-state index in [2.05, 4.69) is 4.98 Å². The van der Waals surface area contributed by atoms with Gasteiger partial charge in [-0.15, -0.1) is 11.3 Å². The lowest BCUT2D eigenvalue weighted by Gasteiger charge is -2.24. The second kappa shape index (κ2) is 7.67. The van der Waals surface area contributed by atoms with Gasteiger partial charge in [-0.3, -0.25) is 14.6 Å². The number of amides is 1. The molecule has 0 bridgehead atoms. The van der Waals surface area contributed by atoms with Gasteiger partial charge in [0.25, 0.3) is 11.7 Å². The van der Waals surface area contributed by atoms with E-state index < -0.39 is 17.7 Å². The van der Waals surface area contributed by atoms with Crippen molar-refractivity contribution in [2.24, 2.45) is 0 Å². The summed E-state index contributed by atoms with van der Waals surface area (Å²) in [7, 11) is 0. The van der Waals surface area contributed by atoms with Gasteiger partial charge in [-0.2, -0.15) is 0 Å². The number of aliphatic hydroxyl groups excluding tert-OH is 1. The zero-order valence-electron chi connectivity index (χ0n) is 16.8. The number of pyridine rings is 1. The van der Waals surface area contributed by atoms with Crippen LogP contribution in [0.2, 0.25) is 0 Å². The van der Waals surface area contributed by atoms with Gasteiger partial charge in [0.05, 0.1) is 11.6 Å². The summed E-state index contributed by atoms with van der Waals surface area (Å²) in [5.41, 5.74) is 2.48. The molecule has 2 aromatic heterocycles. The highest BCUT2D eigenvalue weighted by Crippen LogP contribution is 2.42. The summed E-state index contributed by atoms with van der Waals surface area (Å²) in [4.78, 5) is 32.4. The Kier molecular flexibility index (Phi) is 4.82. The number of carbonyl (C=O) groups excluding carboxylic acids is 2. The summed E-state index contributed by atoms with van der Waals surface area (Å²) < 4.78 is 5.74. The molecule has 0 radical (unpaired) electrons. The van der Waals surface area contributed by atoms with Crippen LogP contribution < -0.4 is 4.74 Å². The molecule has 3 aromatic rings. The van der Waals surface area contributed by atoms with Gasteiger partial charge in [0.15, 0.2) is 0 Å². The lowest BCUT2D eigenvalue weighted by Crippen LogP contribution is -2.28. The third-order valence-corrected chi connectivity index (χ3v) is 6.55. The number of fused-ring (bicyclic) bond motifs is 1. The number of Topliss-reactive ketones (excluding diaryl/α,β-unsaturated/α-hetero) is 1. The molecule has 1 amide bonds. The molecule has 2 unspecified atom stereocenters. The largest absolute Gasteiger partial charge is 0.507 e. The maximum atomic E-state index is 13.1. The summed E-state index contributed by atoms with van der Waals surface area (Å²) in [5, 5.41) is 13.1. The number of hydrogen-bond acceptors (Lipinski definition) is 6. The molecule has 0 spiro atoms. The summed E-state index contributed by atoms with van der Waals surface area (Å²) in [5.74, 6) is -0.654. The zero-order chi connectivity index (χ0) is 21.5. The number of ether oxygens (including phenoxy) is 1. The Hall–Kier alpha value is -3.45. The monoisotopic (exact) mass is 432 g/mol. The van der Waals surface area contributed by atoms with E-state index in [9.17, 15) is 14.7 Å². The normalized spacial score (nSPS) is 21.9. The summed E-state index contributed by atoms with van der Waals surface area (Å²) >= 11 is 1.45. The Morgan fingerprint density at radius 2 is 2.03 bits per heavy atom. The van der Waals surface area contributed by atoms with E-state index in [1.54, 1.807) is 24.5 Å². The molecular weight excluding hydrogens is 412 g/mol. The molecule has 0 aliphatic carbocycles. The molecule has 2 aliphatic heterocycles. The molecule has 2 aliphatic rings. The van der Waals surface area contributed by atoms with Crippen molar-refractivity contribution in [2.75, 3.05) is 0 Å². The van der Waals surface area contributed by atoms with Gasteiger partial charge in [0, 0.05) is 35.8 Å². The number of likely N-dealkylation sites (tertiary alicyclic amines) is 1. The van der Waals surface area contributed by atoms with E-state index in [0.29, 0.717) is 5.56 Å². The number of carbonyl (C=O) groups is 2. The quantitative estimate of drug-likeness (QED) is 0.382. The van der Waals surface area contributed by atoms with Crippen LogP contribution in [0.4, 0.5) is 0 Å². The topological polar surface area (TPSA) is 79.7 Å². The summed E-state index contributed by atoms with van der Waals surface area (Å²) in [6.07, 6.45) is 4.12. The van der Waals surface area contributed by atoms with Crippen LogP contribution in [0.5, 0.6) is 5.75 Å². The second-order valence-corrected chi connectivity index (χ2v) is 8.73. The molecule has 2 atom stereocenters. The van der Waals surface area contributed by atoms with Crippen LogP contribution in [-0.2, 0) is 22.6 Å². The third kappa shape index (κ3) is 3.41. The first kappa shape index (κ1) is 19.5. The molecule has 1 fully saturated rings. The average molecular weight is 433 g/mol. The highest BCUT2D eigenvalue weighted by atomic mass is 32.1. The van der Waals surface area contributed by atoms with Crippen molar-refractivity contribution in [1.29, 1.82) is 0 Å². The molecule has 1 N–H and O–H groups in total. The minimum absolute atomic E-state index is 0.0736. The smallest absolute Gasteiger partial charge is 0.295 e. The van der Waals surface area contributed by atoms with E-state index in [1.165, 1.54) is 16.2 Å². The standard InChI is InChI=1S/C24H20N2O4S/c1-14-11-17-12-16(4-5-18(17)30-14)22(27)20-21(19-3-2-10-31-19)26(24(29)23(20)28)13-15-6-8-25-9-7-15/h2-10,12,14,21,27H,11,13H2,1H3/b22-20+. The number of ketones is 1. The fraction of sp³-hybridized carbons (Fsp3) is 0.208. The van der Waals surface area contributed by atoms with Crippen molar-refractivity contribution in [1.82, 2.24) is 9.88 Å². The van der Waals surface area contributed by atoms with Gasteiger partial charge in [-0.05, 0) is 59.8 Å². The summed E-state index contributed by atoms with van der Waals surface area (Å²) in [6, 6.07) is 12.1. The SMILES string of the molecule is CC1Cc2cc(/C(O)=C3\C(=O)C(=O)N(Cc4ccncc4)C3c3cccs3)ccc2O1. The third-order valence-electron chi connectivity index (χ3n) is 5.62. The first-order valence-electron chi connectivity index (χ1n) is 10.0. The number of nitrogens with zero attached hydrogens (tertiary/aromatic N) is 2. The molecule has 4 heterocycles. The van der Waals surface area contributed by atoms with Crippen molar-refractivity contribution in [3.8, 4) is 5.75 Å². The molecule has 7 heteroatoms. The molecule has 156 valence electrons. The van der Waals surface area contributed by atoms with E-state index in [1.807, 2.05) is 42.6 Å². The highest BCUT2D eigenvalue weighted by molar-refractivity contribution is 7.10. The Morgan fingerprint density at radius 1 is 1.23 bits per heavy atom. The van der Waals surface area contributed by atoms with Crippen LogP contribution in [0.25, 0.3) is 5.76 Å². The summed E-state index contributed by atoms with van der Waals surface area (Å²) in [6.45, 7) is 2.24. The Labute approximate surface area is 183 Å². The molecular formula is C24H20N2O4S. The van der Waals surface area contributed by atoms with Crippen molar-refractivity contribution < 1.29 is 19.4 Å². The first-order valence-corrected chi connectivity index (χ1v) is 10.9.